The predicted molar refractivity (Wildman–Crippen MR) is 52.0 cm³/mol. The van der Waals surface area contributed by atoms with E-state index in [1.165, 1.54) is 0 Å². The minimum absolute atomic E-state index is 0.883. The van der Waals surface area contributed by atoms with Gasteiger partial charge in [-0.15, -0.1) is 0 Å². The predicted octanol–water partition coefficient (Wildman–Crippen LogP) is 0.875. The Labute approximate surface area is 72.3 Å². The van der Waals surface area contributed by atoms with E-state index in [0.717, 1.165) is 22.9 Å². The third-order valence-electron chi connectivity index (χ3n) is 1.56. The molecule has 0 aromatic carbocycles. The van der Waals surface area contributed by atoms with Crippen LogP contribution in [-0.2, 0) is 0 Å². The first-order valence-corrected chi connectivity index (χ1v) is 4.12. The van der Waals surface area contributed by atoms with Crippen molar-refractivity contribution in [2.75, 3.05) is 0 Å². The lowest BCUT2D eigenvalue weighted by atomic mass is 10.4. The van der Waals surface area contributed by atoms with Crippen LogP contribution in [0.2, 0.25) is 0 Å². The van der Waals surface area contributed by atoms with Crippen LogP contribution in [0.5, 0.6) is 0 Å². The summed E-state index contributed by atoms with van der Waals surface area (Å²) in [5, 5.41) is 1.81. The molecule has 0 amide bonds. The van der Waals surface area contributed by atoms with E-state index in [-0.39, 0.29) is 0 Å². The summed E-state index contributed by atoms with van der Waals surface area (Å²) in [6.45, 7) is 7.87. The van der Waals surface area contributed by atoms with Gasteiger partial charge in [-0.25, -0.2) is 4.98 Å². The lowest BCUT2D eigenvalue weighted by molar-refractivity contribution is 1.13. The molecule has 0 saturated heterocycles. The molecule has 0 aliphatic carbocycles. The molecule has 0 unspecified atom stereocenters. The summed E-state index contributed by atoms with van der Waals surface area (Å²) in [5.41, 5.74) is 0. The van der Waals surface area contributed by atoms with Crippen molar-refractivity contribution in [3.8, 4) is 0 Å². The number of aryl methyl sites for hydroxylation is 1. The van der Waals surface area contributed by atoms with Crippen molar-refractivity contribution in [3.63, 3.8) is 0 Å². The Hall–Kier alpha value is -1.31. The fourth-order valence-electron chi connectivity index (χ4n) is 0.992. The van der Waals surface area contributed by atoms with Crippen LogP contribution in [-0.4, -0.2) is 9.97 Å². The maximum absolute atomic E-state index is 4.26. The Bertz CT molecular complexity index is 371. The van der Waals surface area contributed by atoms with Crippen molar-refractivity contribution < 1.29 is 0 Å². The second-order valence-corrected chi connectivity index (χ2v) is 2.69. The van der Waals surface area contributed by atoms with Gasteiger partial charge in [-0.05, 0) is 19.4 Å². The van der Waals surface area contributed by atoms with Crippen molar-refractivity contribution in [1.29, 1.82) is 0 Å². The molecule has 64 valence electrons. The molecule has 1 N–H and O–H groups in total. The van der Waals surface area contributed by atoms with Crippen LogP contribution in [0, 0.1) is 6.92 Å². The van der Waals surface area contributed by atoms with Gasteiger partial charge in [0.2, 0.25) is 0 Å². The molecule has 1 heterocycles. The standard InChI is InChI=1S/C10H14N2/c1-4-5-6-7-10-8(2)11-9(3)12-10/h5-7H,2,4H2,1,3H3,(H,11,12)/b6-5-,10-7+. The summed E-state index contributed by atoms with van der Waals surface area (Å²) in [6.07, 6.45) is 7.11. The molecule has 1 aromatic heterocycles. The molecule has 2 heteroatoms. The molecule has 0 spiro atoms. The highest BCUT2D eigenvalue weighted by Gasteiger charge is 1.87. The summed E-state index contributed by atoms with van der Waals surface area (Å²) >= 11 is 0. The first-order valence-electron chi connectivity index (χ1n) is 4.12. The van der Waals surface area contributed by atoms with Gasteiger partial charge in [-0.3, -0.25) is 0 Å². The molecule has 0 aliphatic heterocycles. The van der Waals surface area contributed by atoms with E-state index in [4.69, 9.17) is 0 Å². The number of rotatable bonds is 2. The van der Waals surface area contributed by atoms with E-state index in [1.54, 1.807) is 0 Å². The minimum Gasteiger partial charge on any atom is -0.343 e. The van der Waals surface area contributed by atoms with Gasteiger partial charge >= 0.3 is 0 Å². The molecule has 0 saturated carbocycles. The van der Waals surface area contributed by atoms with Crippen LogP contribution in [0.3, 0.4) is 0 Å². The Morgan fingerprint density at radius 2 is 2.33 bits per heavy atom. The van der Waals surface area contributed by atoms with E-state index >= 15 is 0 Å². The van der Waals surface area contributed by atoms with Gasteiger partial charge < -0.3 is 4.98 Å². The molecule has 2 nitrogen and oxygen atoms in total. The molecule has 0 atom stereocenters. The number of nitrogens with one attached hydrogen (secondary N) is 1. The van der Waals surface area contributed by atoms with Crippen LogP contribution in [0.15, 0.2) is 12.2 Å². The van der Waals surface area contributed by atoms with Crippen molar-refractivity contribution in [1.82, 2.24) is 9.97 Å². The third-order valence-corrected chi connectivity index (χ3v) is 1.56. The number of aromatic nitrogens is 2. The lowest BCUT2D eigenvalue weighted by Crippen LogP contribution is -2.21. The lowest BCUT2D eigenvalue weighted by Gasteiger charge is -1.74. The SMILES string of the molecule is C=c1[nH]c(C)n/c1=C/C=C\CC. The molecule has 1 aromatic rings. The highest BCUT2D eigenvalue weighted by atomic mass is 14.9. The van der Waals surface area contributed by atoms with Crippen molar-refractivity contribution >= 4 is 12.7 Å². The smallest absolute Gasteiger partial charge is 0.104 e. The Morgan fingerprint density at radius 1 is 1.58 bits per heavy atom. The molecule has 12 heavy (non-hydrogen) atoms. The largest absolute Gasteiger partial charge is 0.343 e. The maximum Gasteiger partial charge on any atom is 0.104 e. The zero-order valence-electron chi connectivity index (χ0n) is 7.59. The van der Waals surface area contributed by atoms with Crippen molar-refractivity contribution in [2.24, 2.45) is 0 Å². The topological polar surface area (TPSA) is 28.7 Å². The first-order chi connectivity index (χ1) is 5.74. The monoisotopic (exact) mass is 162 g/mol. The van der Waals surface area contributed by atoms with Gasteiger partial charge in [0.05, 0.1) is 10.7 Å². The number of aromatic amines is 1. The zero-order chi connectivity index (χ0) is 8.97. The highest BCUT2D eigenvalue weighted by molar-refractivity contribution is 5.34. The minimum atomic E-state index is 0.883. The van der Waals surface area contributed by atoms with Crippen molar-refractivity contribution in [3.05, 3.63) is 28.7 Å². The summed E-state index contributed by atoms with van der Waals surface area (Å²) in [4.78, 5) is 7.30. The molecule has 1 rings (SSSR count). The van der Waals surface area contributed by atoms with Gasteiger partial charge in [0, 0.05) is 0 Å². The average molecular weight is 162 g/mol. The van der Waals surface area contributed by atoms with Crippen LogP contribution >= 0.6 is 0 Å². The molecule has 0 bridgehead atoms. The molecule has 0 fully saturated rings. The normalized spacial score (nSPS) is 13.0. The summed E-state index contributed by atoms with van der Waals surface area (Å²) in [5.74, 6) is 0.913. The van der Waals surface area contributed by atoms with Gasteiger partial charge in [0.15, 0.2) is 0 Å². The number of imidazole rings is 1. The van der Waals surface area contributed by atoms with Crippen LogP contribution in [0.4, 0.5) is 0 Å². The van der Waals surface area contributed by atoms with Crippen molar-refractivity contribution in [2.45, 2.75) is 20.3 Å². The van der Waals surface area contributed by atoms with E-state index in [9.17, 15) is 0 Å². The quantitative estimate of drug-likeness (QED) is 0.687. The van der Waals surface area contributed by atoms with E-state index in [2.05, 4.69) is 29.5 Å². The van der Waals surface area contributed by atoms with Gasteiger partial charge in [-0.2, -0.15) is 0 Å². The first kappa shape index (κ1) is 8.78. The Balaban J connectivity index is 3.02. The molecule has 0 radical (unpaired) electrons. The molecule has 0 aliphatic rings. The fraction of sp³-hybridized carbons (Fsp3) is 0.300. The number of nitrogens with zero attached hydrogens (tertiary/aromatic N) is 1. The second-order valence-electron chi connectivity index (χ2n) is 2.69. The van der Waals surface area contributed by atoms with Gasteiger partial charge in [-0.1, -0.05) is 25.7 Å². The van der Waals surface area contributed by atoms with Gasteiger partial charge in [0.1, 0.15) is 5.82 Å². The average Bonchev–Trinajstić information content (AvgIpc) is 2.31. The van der Waals surface area contributed by atoms with Gasteiger partial charge in [0.25, 0.3) is 0 Å². The van der Waals surface area contributed by atoms with Crippen LogP contribution in [0.25, 0.3) is 12.7 Å². The zero-order valence-corrected chi connectivity index (χ0v) is 7.59. The summed E-state index contributed by atoms with van der Waals surface area (Å²) in [6, 6.07) is 0. The molecular weight excluding hydrogens is 148 g/mol. The number of H-pyrrole nitrogens is 1. The second kappa shape index (κ2) is 3.90. The summed E-state index contributed by atoms with van der Waals surface area (Å²) < 4.78 is 0. The van der Waals surface area contributed by atoms with Crippen LogP contribution < -0.4 is 10.7 Å². The van der Waals surface area contributed by atoms with E-state index in [0.29, 0.717) is 0 Å². The highest BCUT2D eigenvalue weighted by Crippen LogP contribution is 1.79. The van der Waals surface area contributed by atoms with Crippen LogP contribution in [0.1, 0.15) is 19.2 Å². The van der Waals surface area contributed by atoms with E-state index < -0.39 is 0 Å². The molecular formula is C10H14N2. The Morgan fingerprint density at radius 3 is 2.83 bits per heavy atom. The Kier molecular flexibility index (Phi) is 2.86. The number of hydrogen-bond acceptors (Lipinski definition) is 1. The summed E-state index contributed by atoms with van der Waals surface area (Å²) in [7, 11) is 0. The van der Waals surface area contributed by atoms with E-state index in [1.807, 2.05) is 19.1 Å². The number of hydrogen-bond donors (Lipinski definition) is 1. The third kappa shape index (κ3) is 2.09. The maximum atomic E-state index is 4.26. The fourth-order valence-corrected chi connectivity index (χ4v) is 0.992. The number of allylic oxidation sites excluding steroid dienone is 2.